The Labute approximate surface area is 237 Å². The number of nitrogens with one attached hydrogen (secondary N) is 1. The van der Waals surface area contributed by atoms with Crippen LogP contribution in [0.5, 0.6) is 11.5 Å². The van der Waals surface area contributed by atoms with Crippen molar-refractivity contribution >= 4 is 50.7 Å². The number of hydrogen-bond donors (Lipinski definition) is 1. The Hall–Kier alpha value is -3.47. The van der Waals surface area contributed by atoms with E-state index in [1.54, 1.807) is 24.3 Å². The Morgan fingerprint density at radius 2 is 1.72 bits per heavy atom. The van der Waals surface area contributed by atoms with E-state index in [0.29, 0.717) is 27.1 Å². The van der Waals surface area contributed by atoms with Gasteiger partial charge in [0, 0.05) is 36.1 Å². The van der Waals surface area contributed by atoms with Crippen LogP contribution in [0.1, 0.15) is 11.1 Å². The van der Waals surface area contributed by atoms with E-state index in [4.69, 9.17) is 32.7 Å². The average Bonchev–Trinajstić information content (AvgIpc) is 3.37. The van der Waals surface area contributed by atoms with E-state index < -0.39 is 34.4 Å². The minimum absolute atomic E-state index is 0.0134. The Morgan fingerprint density at radius 1 is 1.00 bits per heavy atom. The van der Waals surface area contributed by atoms with Crippen LogP contribution in [0.4, 0.5) is 5.69 Å². The second-order valence-corrected chi connectivity index (χ2v) is 11.6. The van der Waals surface area contributed by atoms with E-state index in [0.717, 1.165) is 16.1 Å². The molecule has 9 nitrogen and oxygen atoms in total. The zero-order valence-corrected chi connectivity index (χ0v) is 23.6. The number of halogens is 2. The van der Waals surface area contributed by atoms with Crippen LogP contribution in [0.3, 0.4) is 0 Å². The number of ether oxygens (including phenoxy) is 2. The summed E-state index contributed by atoms with van der Waals surface area (Å²) >= 11 is 12.5. The summed E-state index contributed by atoms with van der Waals surface area (Å²) in [6.07, 6.45) is 1.20. The summed E-state index contributed by atoms with van der Waals surface area (Å²) in [6, 6.07) is 17.7. The molecule has 0 saturated carbocycles. The fourth-order valence-electron chi connectivity index (χ4n) is 4.21. The summed E-state index contributed by atoms with van der Waals surface area (Å²) in [6.45, 7) is -0.607. The SMILES string of the molecule is CNC(=O)C(Cc1ccccc1)N(Cc1ccc(Cl)cc1Cl)C(=O)CN(c1ccc2c(c1)OCO2)S(C)(=O)=O. The van der Waals surface area contributed by atoms with Crippen molar-refractivity contribution in [1.82, 2.24) is 10.2 Å². The van der Waals surface area contributed by atoms with Crippen molar-refractivity contribution in [2.75, 3.05) is 30.9 Å². The van der Waals surface area contributed by atoms with Crippen LogP contribution in [-0.4, -0.2) is 57.8 Å². The molecule has 0 spiro atoms. The first-order chi connectivity index (χ1) is 18.6. The summed E-state index contributed by atoms with van der Waals surface area (Å²) in [5, 5.41) is 3.35. The molecule has 12 heteroatoms. The highest BCUT2D eigenvalue weighted by Crippen LogP contribution is 2.36. The molecule has 4 rings (SSSR count). The summed E-state index contributed by atoms with van der Waals surface area (Å²) < 4.78 is 37.4. The molecule has 2 amide bonds. The predicted molar refractivity (Wildman–Crippen MR) is 150 cm³/mol. The van der Waals surface area contributed by atoms with Crippen molar-refractivity contribution in [2.45, 2.75) is 19.0 Å². The van der Waals surface area contributed by atoms with Gasteiger partial charge in [-0.3, -0.25) is 13.9 Å². The van der Waals surface area contributed by atoms with Gasteiger partial charge in [-0.2, -0.15) is 0 Å². The number of carbonyl (C=O) groups is 2. The van der Waals surface area contributed by atoms with Gasteiger partial charge >= 0.3 is 0 Å². The third-order valence-electron chi connectivity index (χ3n) is 6.20. The zero-order chi connectivity index (χ0) is 28.2. The minimum atomic E-state index is -3.92. The van der Waals surface area contributed by atoms with Crippen LogP contribution >= 0.6 is 23.2 Å². The van der Waals surface area contributed by atoms with Crippen molar-refractivity contribution in [1.29, 1.82) is 0 Å². The maximum absolute atomic E-state index is 14.0. The summed E-state index contributed by atoms with van der Waals surface area (Å²) in [5.74, 6) is -0.175. The number of hydrogen-bond acceptors (Lipinski definition) is 6. The summed E-state index contributed by atoms with van der Waals surface area (Å²) in [7, 11) is -2.44. The van der Waals surface area contributed by atoms with Crippen molar-refractivity contribution < 1.29 is 27.5 Å². The van der Waals surface area contributed by atoms with Gasteiger partial charge in [0.15, 0.2) is 11.5 Å². The largest absolute Gasteiger partial charge is 0.454 e. The van der Waals surface area contributed by atoms with Gasteiger partial charge < -0.3 is 19.7 Å². The molecular formula is C27H27Cl2N3O6S. The van der Waals surface area contributed by atoms with Crippen LogP contribution in [0.2, 0.25) is 10.0 Å². The first-order valence-electron chi connectivity index (χ1n) is 11.9. The number of amides is 2. The van der Waals surface area contributed by atoms with Crippen LogP contribution in [0, 0.1) is 0 Å². The van der Waals surface area contributed by atoms with Gasteiger partial charge in [0.2, 0.25) is 28.6 Å². The van der Waals surface area contributed by atoms with Gasteiger partial charge in [-0.25, -0.2) is 8.42 Å². The van der Waals surface area contributed by atoms with Crippen molar-refractivity contribution in [2.24, 2.45) is 0 Å². The van der Waals surface area contributed by atoms with Crippen molar-refractivity contribution in [3.63, 3.8) is 0 Å². The number of nitrogens with zero attached hydrogens (tertiary/aromatic N) is 2. The monoisotopic (exact) mass is 591 g/mol. The highest BCUT2D eigenvalue weighted by molar-refractivity contribution is 7.92. The van der Waals surface area contributed by atoms with E-state index in [2.05, 4.69) is 5.32 Å². The van der Waals surface area contributed by atoms with Gasteiger partial charge in [0.05, 0.1) is 11.9 Å². The summed E-state index contributed by atoms with van der Waals surface area (Å²) in [5.41, 5.74) is 1.59. The Morgan fingerprint density at radius 3 is 2.38 bits per heavy atom. The first-order valence-corrected chi connectivity index (χ1v) is 14.5. The molecule has 3 aromatic carbocycles. The predicted octanol–water partition coefficient (Wildman–Crippen LogP) is 3.87. The molecule has 0 radical (unpaired) electrons. The Kier molecular flexibility index (Phi) is 8.89. The number of rotatable bonds is 10. The molecule has 0 fully saturated rings. The number of anilines is 1. The fraction of sp³-hybridized carbons (Fsp3) is 0.259. The maximum Gasteiger partial charge on any atom is 0.244 e. The molecule has 1 unspecified atom stereocenters. The fourth-order valence-corrected chi connectivity index (χ4v) is 5.52. The Bertz CT molecular complexity index is 1470. The highest BCUT2D eigenvalue weighted by Gasteiger charge is 2.33. The smallest absolute Gasteiger partial charge is 0.244 e. The van der Waals surface area contributed by atoms with Gasteiger partial charge in [-0.15, -0.1) is 0 Å². The first kappa shape index (κ1) is 28.5. The van der Waals surface area contributed by atoms with Crippen molar-refractivity contribution in [3.8, 4) is 11.5 Å². The molecule has 0 saturated heterocycles. The standard InChI is InChI=1S/C27H27Cl2N3O6S/c1-30-27(34)23(12-18-6-4-3-5-7-18)31(15-19-8-9-20(28)13-22(19)29)26(33)16-32(39(2,35)36)21-10-11-24-25(14-21)38-17-37-24/h3-11,13-14,23H,12,15-17H2,1-2H3,(H,30,34). The van der Waals surface area contributed by atoms with Crippen LogP contribution in [0.15, 0.2) is 66.7 Å². The lowest BCUT2D eigenvalue weighted by Crippen LogP contribution is -2.52. The normalized spacial score (nSPS) is 13.0. The van der Waals surface area contributed by atoms with E-state index in [-0.39, 0.29) is 25.4 Å². The average molecular weight is 593 g/mol. The molecule has 1 atom stereocenters. The summed E-state index contributed by atoms with van der Waals surface area (Å²) in [4.78, 5) is 28.4. The molecule has 1 heterocycles. The van der Waals surface area contributed by atoms with Gasteiger partial charge in [-0.05, 0) is 35.4 Å². The van der Waals surface area contributed by atoms with Gasteiger partial charge in [0.1, 0.15) is 12.6 Å². The lowest BCUT2D eigenvalue weighted by molar-refractivity contribution is -0.139. The molecule has 3 aromatic rings. The number of sulfonamides is 1. The molecule has 0 aliphatic carbocycles. The lowest BCUT2D eigenvalue weighted by Gasteiger charge is -2.33. The van der Waals surface area contributed by atoms with Crippen LogP contribution in [-0.2, 0) is 32.6 Å². The number of carbonyl (C=O) groups excluding carboxylic acids is 2. The molecule has 1 aliphatic rings. The lowest BCUT2D eigenvalue weighted by atomic mass is 10.0. The quantitative estimate of drug-likeness (QED) is 0.383. The second-order valence-electron chi connectivity index (χ2n) is 8.88. The molecule has 1 N–H and O–H groups in total. The molecule has 39 heavy (non-hydrogen) atoms. The van der Waals surface area contributed by atoms with Gasteiger partial charge in [-0.1, -0.05) is 59.6 Å². The molecule has 0 bridgehead atoms. The molecule has 1 aliphatic heterocycles. The van der Waals surface area contributed by atoms with Crippen LogP contribution in [0.25, 0.3) is 0 Å². The maximum atomic E-state index is 14.0. The molecule has 0 aromatic heterocycles. The molecular weight excluding hydrogens is 565 g/mol. The van der Waals surface area contributed by atoms with Crippen LogP contribution < -0.4 is 19.1 Å². The van der Waals surface area contributed by atoms with Crippen molar-refractivity contribution in [3.05, 3.63) is 87.9 Å². The Balaban J connectivity index is 1.73. The van der Waals surface area contributed by atoms with E-state index in [1.165, 1.54) is 24.1 Å². The van der Waals surface area contributed by atoms with E-state index in [9.17, 15) is 18.0 Å². The number of likely N-dealkylation sites (N-methyl/N-ethyl adjacent to an activating group) is 1. The topological polar surface area (TPSA) is 105 Å². The third-order valence-corrected chi connectivity index (χ3v) is 7.92. The molecule has 206 valence electrons. The van der Waals surface area contributed by atoms with E-state index in [1.807, 2.05) is 30.3 Å². The number of benzene rings is 3. The minimum Gasteiger partial charge on any atom is -0.454 e. The zero-order valence-electron chi connectivity index (χ0n) is 21.3. The third kappa shape index (κ3) is 6.95. The van der Waals surface area contributed by atoms with E-state index >= 15 is 0 Å². The van der Waals surface area contributed by atoms with Gasteiger partial charge in [0.25, 0.3) is 0 Å². The number of fused-ring (bicyclic) bond motifs is 1. The highest BCUT2D eigenvalue weighted by atomic mass is 35.5. The second kappa shape index (κ2) is 12.1.